The van der Waals surface area contributed by atoms with Crippen LogP contribution in [0.3, 0.4) is 0 Å². The van der Waals surface area contributed by atoms with E-state index >= 15 is 0 Å². The first-order valence-electron chi connectivity index (χ1n) is 20.0. The van der Waals surface area contributed by atoms with Crippen LogP contribution in [0.1, 0.15) is 43.0 Å². The molecule has 0 aliphatic heterocycles. The summed E-state index contributed by atoms with van der Waals surface area (Å²) in [4.78, 5) is 17.9. The average molecular weight is 810 g/mol. The number of aryl methyl sites for hydroxylation is 1. The number of benzene rings is 7. The number of anilines is 6. The second kappa shape index (κ2) is 17.8. The Morgan fingerprint density at radius 3 is 1.67 bits per heavy atom. The molecule has 1 N–H and O–H groups in total. The van der Waals surface area contributed by atoms with Crippen LogP contribution >= 0.6 is 11.3 Å². The van der Waals surface area contributed by atoms with E-state index in [1.807, 2.05) is 42.5 Å². The fraction of sp³-hybridized carbons (Fsp3) is 0.115. The highest BCUT2D eigenvalue weighted by Gasteiger charge is 2.23. The molecule has 60 heavy (non-hydrogen) atoms. The van der Waals surface area contributed by atoms with Crippen LogP contribution in [0.5, 0.6) is 0 Å². The molecule has 0 bridgehead atoms. The molecule has 0 fully saturated rings. The van der Waals surface area contributed by atoms with Crippen molar-refractivity contribution in [3.8, 4) is 16.5 Å². The van der Waals surface area contributed by atoms with Crippen LogP contribution in [0.25, 0.3) is 38.1 Å². The molecular formula is C52H41F2N3O2S. The Labute approximate surface area is 352 Å². The lowest BCUT2D eigenvalue weighted by Crippen LogP contribution is -2.14. The van der Waals surface area contributed by atoms with Gasteiger partial charge in [0.25, 0.3) is 0 Å². The average Bonchev–Trinajstić information content (AvgIpc) is 3.68. The maximum absolute atomic E-state index is 14.6. The molecule has 8 aromatic rings. The third-order valence-electron chi connectivity index (χ3n) is 10.7. The molecule has 0 amide bonds. The Balaban J connectivity index is 1.43. The summed E-state index contributed by atoms with van der Waals surface area (Å²) >= 11 is 1.44. The van der Waals surface area contributed by atoms with Gasteiger partial charge in [-0.1, -0.05) is 99.0 Å². The van der Waals surface area contributed by atoms with Gasteiger partial charge in [-0.15, -0.1) is 11.3 Å². The molecule has 5 nitrogen and oxygen atoms in total. The molecule has 7 aromatic carbocycles. The Morgan fingerprint density at radius 2 is 1.17 bits per heavy atom. The van der Waals surface area contributed by atoms with Crippen LogP contribution in [-0.2, 0) is 11.2 Å². The molecule has 1 heterocycles. The number of hydrogen-bond donors (Lipinski definition) is 1. The SMILES string of the molecule is CCCCCCc1cc(-c2cc(N(c3ccc(F)cc3)c3cccc4ccccc34)cc(N(c3ccc(F)cc3)c3cccc4ccccc34)c2)sc1/C=C(/C#N)C(=O)O. The zero-order chi connectivity index (χ0) is 41.6. The lowest BCUT2D eigenvalue weighted by molar-refractivity contribution is -0.132. The standard InChI is InChI=1S/C52H41F2N3O2S/c1-2-3-4-5-14-37-31-51(60-50(37)32-39(34-55)52(58)59)38-29-44(56(42-25-21-40(53)22-26-42)48-19-10-15-35-12-6-8-17-46(35)48)33-45(30-38)57(43-27-23-41(54)24-28-43)49-20-11-16-36-13-7-9-18-47(36)49/h6-13,15-33H,2-5,14H2,1H3,(H,58,59)/b39-32-. The highest BCUT2D eigenvalue weighted by atomic mass is 32.1. The van der Waals surface area contributed by atoms with Crippen LogP contribution < -0.4 is 9.80 Å². The first kappa shape index (κ1) is 39.7. The van der Waals surface area contributed by atoms with E-state index in [1.54, 1.807) is 24.3 Å². The highest BCUT2D eigenvalue weighted by Crippen LogP contribution is 2.47. The number of carboxylic acid groups (broad SMARTS) is 1. The molecule has 0 atom stereocenters. The van der Waals surface area contributed by atoms with Gasteiger partial charge >= 0.3 is 5.97 Å². The van der Waals surface area contributed by atoms with Crippen molar-refractivity contribution in [1.82, 2.24) is 0 Å². The molecular weight excluding hydrogens is 769 g/mol. The highest BCUT2D eigenvalue weighted by molar-refractivity contribution is 7.16. The minimum atomic E-state index is -1.27. The third kappa shape index (κ3) is 8.40. The van der Waals surface area contributed by atoms with Gasteiger partial charge in [0.1, 0.15) is 23.3 Å². The summed E-state index contributed by atoms with van der Waals surface area (Å²) in [6.45, 7) is 2.16. The number of hydrogen-bond acceptors (Lipinski definition) is 5. The second-order valence-corrected chi connectivity index (χ2v) is 15.7. The monoisotopic (exact) mass is 809 g/mol. The van der Waals surface area contributed by atoms with E-state index in [1.165, 1.54) is 41.7 Å². The Morgan fingerprint density at radius 1 is 0.650 bits per heavy atom. The van der Waals surface area contributed by atoms with Gasteiger partial charge in [0.2, 0.25) is 0 Å². The molecule has 0 aliphatic carbocycles. The zero-order valence-electron chi connectivity index (χ0n) is 33.0. The number of nitrogens with zero attached hydrogens (tertiary/aromatic N) is 3. The zero-order valence-corrected chi connectivity index (χ0v) is 33.8. The molecule has 0 saturated heterocycles. The smallest absolute Gasteiger partial charge is 0.346 e. The van der Waals surface area contributed by atoms with Crippen molar-refractivity contribution >= 4 is 79.1 Å². The maximum Gasteiger partial charge on any atom is 0.346 e. The van der Waals surface area contributed by atoms with Gasteiger partial charge in [0.15, 0.2) is 0 Å². The van der Waals surface area contributed by atoms with E-state index in [2.05, 4.69) is 89.5 Å². The van der Waals surface area contributed by atoms with Gasteiger partial charge in [-0.3, -0.25) is 0 Å². The predicted molar refractivity (Wildman–Crippen MR) is 243 cm³/mol. The number of carbonyl (C=O) groups is 1. The second-order valence-electron chi connectivity index (χ2n) is 14.6. The first-order valence-corrected chi connectivity index (χ1v) is 20.8. The molecule has 0 saturated carbocycles. The van der Waals surface area contributed by atoms with Crippen molar-refractivity contribution in [2.75, 3.05) is 9.80 Å². The van der Waals surface area contributed by atoms with Crippen LogP contribution in [0.4, 0.5) is 42.9 Å². The van der Waals surface area contributed by atoms with Crippen LogP contribution in [0.2, 0.25) is 0 Å². The fourth-order valence-electron chi connectivity index (χ4n) is 7.75. The number of carboxylic acids is 1. The van der Waals surface area contributed by atoms with Gasteiger partial charge < -0.3 is 14.9 Å². The molecule has 8 heteroatoms. The summed E-state index contributed by atoms with van der Waals surface area (Å²) in [6.07, 6.45) is 6.33. The molecule has 0 aliphatic rings. The van der Waals surface area contributed by atoms with E-state index in [0.29, 0.717) is 0 Å². The lowest BCUT2D eigenvalue weighted by atomic mass is 10.0. The number of nitriles is 1. The number of unbranched alkanes of at least 4 members (excludes halogenated alkanes) is 3. The molecule has 1 aromatic heterocycles. The van der Waals surface area contributed by atoms with Gasteiger partial charge in [0, 0.05) is 43.3 Å². The quantitative estimate of drug-likeness (QED) is 0.0673. The van der Waals surface area contributed by atoms with Crippen molar-refractivity contribution in [1.29, 1.82) is 5.26 Å². The van der Waals surface area contributed by atoms with E-state index < -0.39 is 5.97 Å². The fourth-order valence-corrected chi connectivity index (χ4v) is 8.90. The molecule has 0 spiro atoms. The molecule has 0 radical (unpaired) electrons. The summed E-state index contributed by atoms with van der Waals surface area (Å²) < 4.78 is 29.2. The van der Waals surface area contributed by atoms with E-state index in [0.717, 1.165) is 109 Å². The largest absolute Gasteiger partial charge is 0.477 e. The molecule has 296 valence electrons. The lowest BCUT2D eigenvalue weighted by Gasteiger charge is -2.31. The maximum atomic E-state index is 14.6. The van der Waals surface area contributed by atoms with Gasteiger partial charge in [0.05, 0.1) is 11.4 Å². The number of thiophene rings is 1. The molecule has 8 rings (SSSR count). The Hall–Kier alpha value is -7.08. The minimum absolute atomic E-state index is 0.329. The van der Waals surface area contributed by atoms with Crippen molar-refractivity contribution in [3.63, 3.8) is 0 Å². The van der Waals surface area contributed by atoms with Crippen LogP contribution in [-0.4, -0.2) is 11.1 Å². The number of fused-ring (bicyclic) bond motifs is 2. The van der Waals surface area contributed by atoms with Crippen molar-refractivity contribution < 1.29 is 18.7 Å². The Bertz CT molecular complexity index is 2740. The summed E-state index contributed by atoms with van der Waals surface area (Å²) in [7, 11) is 0. The minimum Gasteiger partial charge on any atom is -0.477 e. The summed E-state index contributed by atoms with van der Waals surface area (Å²) in [6, 6.07) is 51.7. The number of halogens is 2. The van der Waals surface area contributed by atoms with E-state index in [4.69, 9.17) is 0 Å². The number of aliphatic carboxylic acids is 1. The van der Waals surface area contributed by atoms with Crippen molar-refractivity contribution in [2.24, 2.45) is 0 Å². The Kier molecular flexibility index (Phi) is 11.8. The van der Waals surface area contributed by atoms with Gasteiger partial charge in [-0.05, 0) is 126 Å². The van der Waals surface area contributed by atoms with E-state index in [9.17, 15) is 23.9 Å². The molecule has 0 unspecified atom stereocenters. The van der Waals surface area contributed by atoms with Crippen LogP contribution in [0.15, 0.2) is 163 Å². The normalized spacial score (nSPS) is 11.5. The summed E-state index contributed by atoms with van der Waals surface area (Å²) in [5, 5.41) is 23.7. The first-order chi connectivity index (χ1) is 29.3. The van der Waals surface area contributed by atoms with Crippen LogP contribution in [0, 0.1) is 23.0 Å². The predicted octanol–water partition coefficient (Wildman–Crippen LogP) is 15.1. The topological polar surface area (TPSA) is 67.6 Å². The third-order valence-corrected chi connectivity index (χ3v) is 11.8. The van der Waals surface area contributed by atoms with Crippen molar-refractivity contribution in [2.45, 2.75) is 39.0 Å². The number of rotatable bonds is 14. The summed E-state index contributed by atoms with van der Waals surface area (Å²) in [5.41, 5.74) is 6.27. The van der Waals surface area contributed by atoms with E-state index in [-0.39, 0.29) is 17.2 Å². The summed E-state index contributed by atoms with van der Waals surface area (Å²) in [5.74, 6) is -1.98. The van der Waals surface area contributed by atoms with Crippen molar-refractivity contribution in [3.05, 3.63) is 185 Å². The van der Waals surface area contributed by atoms with Gasteiger partial charge in [-0.25, -0.2) is 13.6 Å². The van der Waals surface area contributed by atoms with Gasteiger partial charge in [-0.2, -0.15) is 5.26 Å².